The molecule has 0 saturated carbocycles. The second-order valence-electron chi connectivity index (χ2n) is 6.71. The van der Waals surface area contributed by atoms with Crippen LogP contribution in [0.4, 0.5) is 0 Å². The molecule has 2 saturated heterocycles. The molecule has 1 unspecified atom stereocenters. The Bertz CT molecular complexity index is 327. The molecule has 5 nitrogen and oxygen atoms in total. The van der Waals surface area contributed by atoms with Crippen molar-refractivity contribution in [2.24, 2.45) is 5.92 Å². The number of hydrogen-bond acceptors (Lipinski definition) is 4. The molecule has 5 heteroatoms. The van der Waals surface area contributed by atoms with Gasteiger partial charge in [0.05, 0.1) is 6.54 Å². The van der Waals surface area contributed by atoms with Gasteiger partial charge in [0.25, 0.3) is 0 Å². The number of piperazine rings is 1. The highest BCUT2D eigenvalue weighted by Crippen LogP contribution is 2.25. The van der Waals surface area contributed by atoms with E-state index in [1.165, 1.54) is 32.4 Å². The van der Waals surface area contributed by atoms with Crippen molar-refractivity contribution in [3.8, 4) is 0 Å². The first-order valence-electron chi connectivity index (χ1n) is 8.32. The smallest absolute Gasteiger partial charge is 0.317 e. The van der Waals surface area contributed by atoms with Crippen LogP contribution in [0.2, 0.25) is 0 Å². The van der Waals surface area contributed by atoms with Gasteiger partial charge in [0, 0.05) is 31.7 Å². The third kappa shape index (κ3) is 5.24. The minimum Gasteiger partial charge on any atom is -0.480 e. The first-order valence-corrected chi connectivity index (χ1v) is 8.32. The van der Waals surface area contributed by atoms with E-state index >= 15 is 0 Å². The van der Waals surface area contributed by atoms with E-state index in [0.717, 1.165) is 25.4 Å². The standard InChI is InChI=1S/C16H30N3O2/c1-13(2)18-8-5-14(6-9-18)3-4-15-11-17-7-10-19(15)12-16(20)21/h10,13-15,17H,3-9,11-12H2,1-2H3,(H,20,21). The fourth-order valence-corrected chi connectivity index (χ4v) is 3.50. The van der Waals surface area contributed by atoms with E-state index in [1.807, 2.05) is 11.4 Å². The summed E-state index contributed by atoms with van der Waals surface area (Å²) in [6.45, 7) is 10.8. The Hall–Kier alpha value is -0.650. The Morgan fingerprint density at radius 2 is 2.05 bits per heavy atom. The van der Waals surface area contributed by atoms with E-state index in [9.17, 15) is 4.79 Å². The third-order valence-corrected chi connectivity index (χ3v) is 4.92. The van der Waals surface area contributed by atoms with Crippen LogP contribution in [-0.2, 0) is 4.79 Å². The van der Waals surface area contributed by atoms with Gasteiger partial charge in [0.15, 0.2) is 0 Å². The predicted octanol–water partition coefficient (Wildman–Crippen LogP) is 1.41. The summed E-state index contributed by atoms with van der Waals surface area (Å²) < 4.78 is 0. The van der Waals surface area contributed by atoms with Gasteiger partial charge in [-0.1, -0.05) is 0 Å². The molecular formula is C16H30N3O2. The number of nitrogens with one attached hydrogen (secondary N) is 1. The lowest BCUT2D eigenvalue weighted by Crippen LogP contribution is -2.50. The van der Waals surface area contributed by atoms with Gasteiger partial charge in [-0.3, -0.25) is 9.69 Å². The molecular weight excluding hydrogens is 266 g/mol. The average Bonchev–Trinajstić information content (AvgIpc) is 2.46. The molecule has 0 spiro atoms. The second kappa shape index (κ2) is 8.11. The fourth-order valence-electron chi connectivity index (χ4n) is 3.50. The maximum Gasteiger partial charge on any atom is 0.317 e. The van der Waals surface area contributed by atoms with Crippen LogP contribution in [0.25, 0.3) is 0 Å². The summed E-state index contributed by atoms with van der Waals surface area (Å²) in [5.74, 6) is 0.0806. The molecule has 1 radical (unpaired) electrons. The Kier molecular flexibility index (Phi) is 6.45. The lowest BCUT2D eigenvalue weighted by Gasteiger charge is -2.37. The van der Waals surface area contributed by atoms with E-state index in [2.05, 4.69) is 24.1 Å². The second-order valence-corrected chi connectivity index (χ2v) is 6.71. The number of nitrogens with zero attached hydrogens (tertiary/aromatic N) is 2. The van der Waals surface area contributed by atoms with Crippen molar-refractivity contribution in [1.82, 2.24) is 15.1 Å². The Morgan fingerprint density at radius 1 is 1.33 bits per heavy atom. The SMILES string of the molecule is CC(C)N1CCC(CCC2CNC[CH]N2CC(=O)O)CC1. The van der Waals surface area contributed by atoms with Crippen molar-refractivity contribution in [3.05, 3.63) is 6.54 Å². The van der Waals surface area contributed by atoms with Gasteiger partial charge in [0.2, 0.25) is 0 Å². The van der Waals surface area contributed by atoms with Gasteiger partial charge in [-0.2, -0.15) is 0 Å². The van der Waals surface area contributed by atoms with E-state index in [1.54, 1.807) is 0 Å². The lowest BCUT2D eigenvalue weighted by atomic mass is 9.89. The van der Waals surface area contributed by atoms with Crippen molar-refractivity contribution >= 4 is 5.97 Å². The molecule has 2 N–H and O–H groups in total. The normalized spacial score (nSPS) is 26.3. The molecule has 1 atom stereocenters. The molecule has 2 heterocycles. The quantitative estimate of drug-likeness (QED) is 0.776. The van der Waals surface area contributed by atoms with Gasteiger partial charge in [-0.15, -0.1) is 0 Å². The summed E-state index contributed by atoms with van der Waals surface area (Å²) in [7, 11) is 0. The summed E-state index contributed by atoms with van der Waals surface area (Å²) in [5, 5.41) is 12.3. The predicted molar refractivity (Wildman–Crippen MR) is 84.0 cm³/mol. The van der Waals surface area contributed by atoms with Crippen LogP contribution in [0.1, 0.15) is 39.5 Å². The monoisotopic (exact) mass is 296 g/mol. The zero-order valence-corrected chi connectivity index (χ0v) is 13.4. The lowest BCUT2D eigenvalue weighted by molar-refractivity contribution is -0.138. The van der Waals surface area contributed by atoms with Crippen LogP contribution >= 0.6 is 0 Å². The van der Waals surface area contributed by atoms with E-state index in [-0.39, 0.29) is 6.54 Å². The molecule has 2 aliphatic heterocycles. The molecule has 21 heavy (non-hydrogen) atoms. The van der Waals surface area contributed by atoms with Crippen LogP contribution in [0.15, 0.2) is 0 Å². The number of rotatable bonds is 6. The number of piperidine rings is 1. The van der Waals surface area contributed by atoms with Crippen molar-refractivity contribution < 1.29 is 9.90 Å². The van der Waals surface area contributed by atoms with Crippen LogP contribution in [0.3, 0.4) is 0 Å². The first-order chi connectivity index (χ1) is 10.1. The number of carbonyl (C=O) groups is 1. The largest absolute Gasteiger partial charge is 0.480 e. The maximum absolute atomic E-state index is 10.9. The van der Waals surface area contributed by atoms with Crippen LogP contribution in [0, 0.1) is 12.5 Å². The molecule has 0 bridgehead atoms. The minimum absolute atomic E-state index is 0.137. The summed E-state index contributed by atoms with van der Waals surface area (Å²) in [6, 6.07) is 1.01. The highest BCUT2D eigenvalue weighted by Gasteiger charge is 2.26. The van der Waals surface area contributed by atoms with Crippen molar-refractivity contribution in [3.63, 3.8) is 0 Å². The highest BCUT2D eigenvalue weighted by molar-refractivity contribution is 5.69. The summed E-state index contributed by atoms with van der Waals surface area (Å²) in [5.41, 5.74) is 0. The fraction of sp³-hybridized carbons (Fsp3) is 0.875. The van der Waals surface area contributed by atoms with Gasteiger partial charge in [-0.05, 0) is 58.5 Å². The molecule has 0 amide bonds. The highest BCUT2D eigenvalue weighted by atomic mass is 16.4. The molecule has 2 rings (SSSR count). The Morgan fingerprint density at radius 3 is 2.67 bits per heavy atom. The third-order valence-electron chi connectivity index (χ3n) is 4.92. The van der Waals surface area contributed by atoms with Crippen LogP contribution < -0.4 is 5.32 Å². The first kappa shape index (κ1) is 16.7. The molecule has 2 fully saturated rings. The number of hydrogen-bond donors (Lipinski definition) is 2. The molecule has 0 aromatic carbocycles. The number of likely N-dealkylation sites (tertiary alicyclic amines) is 1. The van der Waals surface area contributed by atoms with Crippen LogP contribution in [0.5, 0.6) is 0 Å². The molecule has 0 aromatic heterocycles. The van der Waals surface area contributed by atoms with Crippen molar-refractivity contribution in [2.75, 3.05) is 32.7 Å². The molecule has 0 aliphatic carbocycles. The maximum atomic E-state index is 10.9. The Balaban J connectivity index is 1.72. The van der Waals surface area contributed by atoms with Crippen LogP contribution in [-0.4, -0.2) is 65.7 Å². The average molecular weight is 296 g/mol. The van der Waals surface area contributed by atoms with E-state index in [4.69, 9.17) is 5.11 Å². The number of carboxylic acids is 1. The molecule has 121 valence electrons. The van der Waals surface area contributed by atoms with Gasteiger partial charge in [-0.25, -0.2) is 0 Å². The number of aliphatic carboxylic acids is 1. The van der Waals surface area contributed by atoms with Crippen molar-refractivity contribution in [2.45, 2.75) is 51.6 Å². The topological polar surface area (TPSA) is 55.8 Å². The Labute approximate surface area is 128 Å². The van der Waals surface area contributed by atoms with Gasteiger partial charge >= 0.3 is 5.97 Å². The van der Waals surface area contributed by atoms with Crippen molar-refractivity contribution in [1.29, 1.82) is 0 Å². The van der Waals surface area contributed by atoms with E-state index < -0.39 is 5.97 Å². The minimum atomic E-state index is -0.733. The summed E-state index contributed by atoms with van der Waals surface area (Å²) in [4.78, 5) is 15.5. The summed E-state index contributed by atoms with van der Waals surface area (Å²) in [6.07, 6.45) is 4.91. The molecule has 0 aromatic rings. The summed E-state index contributed by atoms with van der Waals surface area (Å²) >= 11 is 0. The molecule has 2 aliphatic rings. The zero-order chi connectivity index (χ0) is 15.2. The number of carboxylic acid groups (broad SMARTS) is 1. The van der Waals surface area contributed by atoms with Gasteiger partial charge < -0.3 is 15.3 Å². The van der Waals surface area contributed by atoms with E-state index in [0.29, 0.717) is 12.1 Å². The zero-order valence-electron chi connectivity index (χ0n) is 13.4. The van der Waals surface area contributed by atoms with Gasteiger partial charge in [0.1, 0.15) is 0 Å².